The van der Waals surface area contributed by atoms with Crippen molar-refractivity contribution in [1.29, 1.82) is 0 Å². The lowest BCUT2D eigenvalue weighted by Gasteiger charge is -2.32. The molecule has 2 aromatic carbocycles. The molecule has 0 amide bonds. The van der Waals surface area contributed by atoms with Crippen molar-refractivity contribution in [3.63, 3.8) is 0 Å². The molecule has 0 N–H and O–H groups in total. The summed E-state index contributed by atoms with van der Waals surface area (Å²) in [7, 11) is 2.70. The van der Waals surface area contributed by atoms with E-state index in [1.54, 1.807) is 0 Å². The highest BCUT2D eigenvalue weighted by atomic mass is 19.1. The Morgan fingerprint density at radius 1 is 0.565 bits per heavy atom. The summed E-state index contributed by atoms with van der Waals surface area (Å²) in [5.74, 6) is -8.67. The molecule has 0 fully saturated rings. The minimum atomic E-state index is -1.84. The molecule has 0 atom stereocenters. The van der Waals surface area contributed by atoms with E-state index in [2.05, 4.69) is 20.1 Å². The molecule has 0 radical (unpaired) electrons. The average molecular weight is 877 g/mol. The lowest BCUT2D eigenvalue weighted by molar-refractivity contribution is -0.179. The van der Waals surface area contributed by atoms with Crippen molar-refractivity contribution in [3.05, 3.63) is 77.4 Å². The highest BCUT2D eigenvalue weighted by Crippen LogP contribution is 2.34. The fraction of sp³-hybridized carbons (Fsp3) is 0.511. The van der Waals surface area contributed by atoms with Crippen molar-refractivity contribution in [2.75, 3.05) is 73.7 Å². The van der Waals surface area contributed by atoms with Crippen molar-refractivity contribution < 1.29 is 80.2 Å². The number of hydrogen-bond donors (Lipinski definition) is 0. The number of rotatable bonds is 28. The van der Waals surface area contributed by atoms with E-state index in [-0.39, 0.29) is 73.9 Å². The predicted octanol–water partition coefficient (Wildman–Crippen LogP) is 6.15. The van der Waals surface area contributed by atoms with E-state index < -0.39 is 79.3 Å². The van der Waals surface area contributed by atoms with Gasteiger partial charge in [0.1, 0.15) is 62.4 Å². The molecule has 342 valence electrons. The molecule has 0 bridgehead atoms. The van der Waals surface area contributed by atoms with Crippen LogP contribution >= 0.6 is 0 Å². The molecule has 2 rings (SSSR count). The summed E-state index contributed by atoms with van der Waals surface area (Å²) >= 11 is 0. The summed E-state index contributed by atoms with van der Waals surface area (Å²) in [5.41, 5.74) is -0.901. The average Bonchev–Trinajstić information content (AvgIpc) is 3.24. The largest absolute Gasteiger partial charge is 0.492 e. The number of unbranched alkanes of at least 4 members (excludes halogenated alkanes) is 4. The lowest BCUT2D eigenvalue weighted by Crippen LogP contribution is -2.45. The second-order valence-electron chi connectivity index (χ2n) is 14.5. The molecule has 0 spiro atoms. The lowest BCUT2D eigenvalue weighted by atomic mass is 9.91. The van der Waals surface area contributed by atoms with Crippen LogP contribution in [0.5, 0.6) is 5.75 Å². The number of aryl methyl sites for hydroxylation is 2. The summed E-state index contributed by atoms with van der Waals surface area (Å²) < 4.78 is 78.0. The number of ether oxygens (including phenoxy) is 9. The molecule has 0 aromatic heterocycles. The summed E-state index contributed by atoms with van der Waals surface area (Å²) in [5, 5.41) is 0. The number of benzene rings is 2. The van der Waals surface area contributed by atoms with Gasteiger partial charge in [-0.25, -0.2) is 37.5 Å². The molecule has 17 heteroatoms. The minimum absolute atomic E-state index is 0.0225. The van der Waals surface area contributed by atoms with Crippen LogP contribution < -0.4 is 4.74 Å². The first-order chi connectivity index (χ1) is 29.6. The SMILES string of the molecule is C=C(C)C(=O)OCCCc1cc(-c2c(F)cc(CCCCCCC)cc2F)ccc1OCC(COC(=O)C(=C)C)(COC(=O)C(=O)OCCOC)COC(=O)C(=O)OCCOC. The van der Waals surface area contributed by atoms with Crippen LogP contribution in [0.25, 0.3) is 11.1 Å². The molecule has 62 heavy (non-hydrogen) atoms. The Balaban J connectivity index is 2.58. The molecule has 0 unspecified atom stereocenters. The molecule has 0 aliphatic carbocycles. The molecule has 0 aliphatic heterocycles. The van der Waals surface area contributed by atoms with Crippen molar-refractivity contribution in [1.82, 2.24) is 0 Å². The number of esters is 6. The van der Waals surface area contributed by atoms with Gasteiger partial charge in [0.05, 0.1) is 25.4 Å². The van der Waals surface area contributed by atoms with Gasteiger partial charge < -0.3 is 42.6 Å². The maximum Gasteiger partial charge on any atom is 0.417 e. The normalized spacial score (nSPS) is 11.0. The Bertz CT molecular complexity index is 1800. The van der Waals surface area contributed by atoms with Gasteiger partial charge in [-0.05, 0) is 80.5 Å². The van der Waals surface area contributed by atoms with Gasteiger partial charge in [0.15, 0.2) is 0 Å². The van der Waals surface area contributed by atoms with Crippen LogP contribution in [0.1, 0.15) is 70.4 Å². The summed E-state index contributed by atoms with van der Waals surface area (Å²) in [6.45, 7) is 8.49. The zero-order chi connectivity index (χ0) is 46.1. The van der Waals surface area contributed by atoms with Gasteiger partial charge in [-0.3, -0.25) is 0 Å². The topological polar surface area (TPSA) is 185 Å². The first kappa shape index (κ1) is 52.5. The molecule has 0 saturated heterocycles. The first-order valence-electron chi connectivity index (χ1n) is 20.1. The Morgan fingerprint density at radius 3 is 1.56 bits per heavy atom. The van der Waals surface area contributed by atoms with Crippen LogP contribution in [-0.4, -0.2) is 109 Å². The molecular formula is C45H58F2O15. The van der Waals surface area contributed by atoms with Crippen molar-refractivity contribution in [2.24, 2.45) is 5.41 Å². The fourth-order valence-corrected chi connectivity index (χ4v) is 5.53. The van der Waals surface area contributed by atoms with E-state index in [1.807, 2.05) is 0 Å². The minimum Gasteiger partial charge on any atom is -0.492 e. The summed E-state index contributed by atoms with van der Waals surface area (Å²) in [6, 6.07) is 6.96. The summed E-state index contributed by atoms with van der Waals surface area (Å²) in [4.78, 5) is 74.9. The second-order valence-corrected chi connectivity index (χ2v) is 14.5. The van der Waals surface area contributed by atoms with Crippen LogP contribution in [0.2, 0.25) is 0 Å². The number of hydrogen-bond acceptors (Lipinski definition) is 15. The monoisotopic (exact) mass is 876 g/mol. The number of carbonyl (C=O) groups is 6. The van der Waals surface area contributed by atoms with Crippen LogP contribution in [0.3, 0.4) is 0 Å². The smallest absolute Gasteiger partial charge is 0.417 e. The third kappa shape index (κ3) is 18.5. The van der Waals surface area contributed by atoms with E-state index in [1.165, 1.54) is 58.4 Å². The van der Waals surface area contributed by atoms with Crippen LogP contribution in [0.15, 0.2) is 54.6 Å². The predicted molar refractivity (Wildman–Crippen MR) is 220 cm³/mol. The van der Waals surface area contributed by atoms with Gasteiger partial charge in [-0.2, -0.15) is 0 Å². The van der Waals surface area contributed by atoms with Crippen LogP contribution in [-0.2, 0) is 79.5 Å². The van der Waals surface area contributed by atoms with Crippen LogP contribution in [0, 0.1) is 17.0 Å². The highest BCUT2D eigenvalue weighted by Gasteiger charge is 2.39. The van der Waals surface area contributed by atoms with E-state index in [9.17, 15) is 28.8 Å². The van der Waals surface area contributed by atoms with Gasteiger partial charge in [0, 0.05) is 25.4 Å². The maximum atomic E-state index is 15.7. The molecule has 0 heterocycles. The Morgan fingerprint density at radius 2 is 1.05 bits per heavy atom. The number of carbonyl (C=O) groups excluding carboxylic acids is 6. The molecule has 15 nitrogen and oxygen atoms in total. The molecule has 0 saturated carbocycles. The number of halogens is 2. The van der Waals surface area contributed by atoms with Gasteiger partial charge >= 0.3 is 35.8 Å². The molecular weight excluding hydrogens is 818 g/mol. The zero-order valence-electron chi connectivity index (χ0n) is 36.2. The first-order valence-corrected chi connectivity index (χ1v) is 20.1. The summed E-state index contributed by atoms with van der Waals surface area (Å²) in [6.07, 6.45) is 5.78. The molecule has 2 aromatic rings. The van der Waals surface area contributed by atoms with E-state index in [4.69, 9.17) is 42.6 Å². The number of methoxy groups -OCH3 is 2. The zero-order valence-corrected chi connectivity index (χ0v) is 36.2. The van der Waals surface area contributed by atoms with Gasteiger partial charge in [0.2, 0.25) is 0 Å². The van der Waals surface area contributed by atoms with Gasteiger partial charge in [-0.15, -0.1) is 0 Å². The Labute approximate surface area is 360 Å². The van der Waals surface area contributed by atoms with Crippen molar-refractivity contribution in [2.45, 2.75) is 72.1 Å². The van der Waals surface area contributed by atoms with Crippen LogP contribution in [0.4, 0.5) is 8.78 Å². The standard InChI is InChI=1S/C45H58F2O15/c1-8-9-10-11-12-14-32-23-35(46)38(36(47)24-32)34-16-17-37(33(25-34)15-13-18-56-39(48)30(2)3)59-26-45(27-60-40(49)31(4)5,28-61-43(52)41(50)57-21-19-54-6)29-62-44(53)42(51)58-22-20-55-7/h16-17,23-25H,2,4,8-15,18-22,26-29H2,1,3,5-7H3. The Hall–Kier alpha value is -5.68. The van der Waals surface area contributed by atoms with Crippen molar-refractivity contribution >= 4 is 35.8 Å². The maximum absolute atomic E-state index is 15.7. The highest BCUT2D eigenvalue weighted by molar-refractivity contribution is 6.30. The van der Waals surface area contributed by atoms with E-state index in [0.29, 0.717) is 17.5 Å². The third-order valence-corrected chi connectivity index (χ3v) is 8.98. The molecule has 0 aliphatic rings. The quantitative estimate of drug-likeness (QED) is 0.0312. The van der Waals surface area contributed by atoms with E-state index >= 15 is 8.78 Å². The van der Waals surface area contributed by atoms with E-state index in [0.717, 1.165) is 32.1 Å². The third-order valence-electron chi connectivity index (χ3n) is 8.98. The Kier molecular flexibility index (Phi) is 23.7. The van der Waals surface area contributed by atoms with Gasteiger partial charge in [0.25, 0.3) is 0 Å². The second kappa shape index (κ2) is 28.0. The van der Waals surface area contributed by atoms with Gasteiger partial charge in [-0.1, -0.05) is 51.8 Å². The fourth-order valence-electron chi connectivity index (χ4n) is 5.53. The van der Waals surface area contributed by atoms with Crippen molar-refractivity contribution in [3.8, 4) is 16.9 Å².